The molecule has 1 aromatic carbocycles. The molecule has 1 atom stereocenters. The third-order valence-corrected chi connectivity index (χ3v) is 8.09. The minimum Gasteiger partial charge on any atom is -0.457 e. The van der Waals surface area contributed by atoms with Gasteiger partial charge in [-0.3, -0.25) is 9.59 Å². The molecule has 2 aromatic rings. The van der Waals surface area contributed by atoms with Crippen molar-refractivity contribution in [2.75, 3.05) is 19.7 Å². The average molecular weight is 463 g/mol. The Bertz CT molecular complexity index is 1140. The second-order valence-corrected chi connectivity index (χ2v) is 10.5. The van der Waals surface area contributed by atoms with Crippen molar-refractivity contribution < 1.29 is 27.1 Å². The van der Waals surface area contributed by atoms with Gasteiger partial charge in [0.2, 0.25) is 15.8 Å². The van der Waals surface area contributed by atoms with Crippen LogP contribution >= 0.6 is 0 Å². The quantitative estimate of drug-likeness (QED) is 0.465. The van der Waals surface area contributed by atoms with Crippen LogP contribution in [-0.4, -0.2) is 48.7 Å². The molecule has 0 bridgehead atoms. The number of rotatable bonds is 7. The number of carbonyl (C=O) groups is 2. The molecule has 9 heteroatoms. The number of hydrogen-bond donors (Lipinski definition) is 0. The van der Waals surface area contributed by atoms with Gasteiger partial charge in [0.25, 0.3) is 0 Å². The number of hydrogen-bond acceptors (Lipinski definition) is 5. The Morgan fingerprint density at radius 1 is 1.12 bits per heavy atom. The van der Waals surface area contributed by atoms with Crippen molar-refractivity contribution in [2.45, 2.75) is 50.5 Å². The van der Waals surface area contributed by atoms with Crippen LogP contribution in [0.2, 0.25) is 0 Å². The number of Topliss-reactive ketones (excluding diaryl/α,β-unsaturated/α-hetero) is 1. The van der Waals surface area contributed by atoms with E-state index < -0.39 is 27.7 Å². The summed E-state index contributed by atoms with van der Waals surface area (Å²) in [6, 6.07) is 6.90. The number of halogens is 1. The predicted octanol–water partition coefficient (Wildman–Crippen LogP) is 3.41. The van der Waals surface area contributed by atoms with E-state index in [1.807, 2.05) is 19.9 Å². The maximum Gasteiger partial charge on any atom is 0.310 e. The van der Waals surface area contributed by atoms with E-state index >= 15 is 0 Å². The lowest BCUT2D eigenvalue weighted by Crippen LogP contribution is -2.43. The zero-order chi connectivity index (χ0) is 23.0. The molecule has 1 aliphatic carbocycles. The van der Waals surface area contributed by atoms with Crippen molar-refractivity contribution in [3.8, 4) is 0 Å². The van der Waals surface area contributed by atoms with Crippen molar-refractivity contribution in [2.24, 2.45) is 5.92 Å². The van der Waals surface area contributed by atoms with Gasteiger partial charge in [0.15, 0.2) is 6.61 Å². The van der Waals surface area contributed by atoms with Crippen LogP contribution in [0.3, 0.4) is 0 Å². The Morgan fingerprint density at radius 3 is 2.47 bits per heavy atom. The van der Waals surface area contributed by atoms with Crippen LogP contribution in [0, 0.1) is 25.6 Å². The van der Waals surface area contributed by atoms with Crippen molar-refractivity contribution >= 4 is 21.8 Å². The summed E-state index contributed by atoms with van der Waals surface area (Å²) in [6.07, 6.45) is 3.20. The molecule has 1 aliphatic heterocycles. The number of benzene rings is 1. The van der Waals surface area contributed by atoms with Gasteiger partial charge in [-0.2, -0.15) is 4.31 Å². The molecule has 0 spiro atoms. The summed E-state index contributed by atoms with van der Waals surface area (Å²) in [4.78, 5) is 25.3. The zero-order valence-corrected chi connectivity index (χ0v) is 19.0. The highest BCUT2D eigenvalue weighted by molar-refractivity contribution is 7.89. The van der Waals surface area contributed by atoms with Gasteiger partial charge in [-0.1, -0.05) is 0 Å². The predicted molar refractivity (Wildman–Crippen MR) is 115 cm³/mol. The first-order chi connectivity index (χ1) is 15.2. The van der Waals surface area contributed by atoms with Gasteiger partial charge in [-0.15, -0.1) is 0 Å². The smallest absolute Gasteiger partial charge is 0.310 e. The summed E-state index contributed by atoms with van der Waals surface area (Å²) in [5.74, 6) is -2.00. The zero-order valence-electron chi connectivity index (χ0n) is 18.2. The number of esters is 1. The molecule has 1 aromatic heterocycles. The van der Waals surface area contributed by atoms with Crippen LogP contribution in [0.15, 0.2) is 35.2 Å². The Labute approximate surface area is 187 Å². The second kappa shape index (κ2) is 8.78. The molecule has 4 rings (SSSR count). The lowest BCUT2D eigenvalue weighted by Gasteiger charge is -2.30. The Balaban J connectivity index is 1.38. The maximum absolute atomic E-state index is 13.1. The summed E-state index contributed by atoms with van der Waals surface area (Å²) in [5, 5.41) is 0. The van der Waals surface area contributed by atoms with Crippen LogP contribution in [0.5, 0.6) is 0 Å². The van der Waals surface area contributed by atoms with E-state index in [4.69, 9.17) is 4.74 Å². The van der Waals surface area contributed by atoms with E-state index in [2.05, 4.69) is 4.57 Å². The largest absolute Gasteiger partial charge is 0.457 e. The fourth-order valence-corrected chi connectivity index (χ4v) is 5.92. The highest BCUT2D eigenvalue weighted by Gasteiger charge is 2.34. The molecule has 172 valence electrons. The van der Waals surface area contributed by atoms with Gasteiger partial charge >= 0.3 is 5.97 Å². The molecule has 0 N–H and O–H groups in total. The number of aryl methyl sites for hydroxylation is 1. The SMILES string of the molecule is Cc1cc(C(=O)COC(=O)[C@H]2CCCN(S(=O)(=O)c3ccc(F)cc3)C2)c(C)n1C1CC1. The summed E-state index contributed by atoms with van der Waals surface area (Å²) >= 11 is 0. The van der Waals surface area contributed by atoms with Gasteiger partial charge in [0.05, 0.1) is 10.8 Å². The molecular formula is C23H27FN2O5S. The normalized spacial score (nSPS) is 19.7. The van der Waals surface area contributed by atoms with E-state index in [1.54, 1.807) is 0 Å². The molecule has 7 nitrogen and oxygen atoms in total. The van der Waals surface area contributed by atoms with Crippen LogP contribution in [0.25, 0.3) is 0 Å². The molecule has 32 heavy (non-hydrogen) atoms. The Morgan fingerprint density at radius 2 is 1.81 bits per heavy atom. The molecule has 0 amide bonds. The van der Waals surface area contributed by atoms with E-state index in [9.17, 15) is 22.4 Å². The van der Waals surface area contributed by atoms with Gasteiger partial charge in [-0.05, 0) is 69.9 Å². The second-order valence-electron chi connectivity index (χ2n) is 8.57. The third-order valence-electron chi connectivity index (χ3n) is 6.21. The molecular weight excluding hydrogens is 435 g/mol. The van der Waals surface area contributed by atoms with Crippen LogP contribution in [-0.2, 0) is 19.6 Å². The standard InChI is InChI=1S/C23H27FN2O5S/c1-15-12-21(16(2)26(15)19-7-8-19)22(27)14-31-23(28)17-4-3-11-25(13-17)32(29,30)20-9-5-18(24)6-10-20/h5-6,9-10,12,17,19H,3-4,7-8,11,13-14H2,1-2H3/t17-/m0/s1. The van der Waals surface area contributed by atoms with Crippen molar-refractivity contribution in [3.05, 3.63) is 53.1 Å². The lowest BCUT2D eigenvalue weighted by atomic mass is 10.00. The topological polar surface area (TPSA) is 85.7 Å². The summed E-state index contributed by atoms with van der Waals surface area (Å²) in [5.41, 5.74) is 2.47. The summed E-state index contributed by atoms with van der Waals surface area (Å²) in [6.45, 7) is 3.75. The first-order valence-electron chi connectivity index (χ1n) is 10.8. The number of sulfonamides is 1. The van der Waals surface area contributed by atoms with Crippen molar-refractivity contribution in [3.63, 3.8) is 0 Å². The average Bonchev–Trinajstić information content (AvgIpc) is 3.56. The van der Waals surface area contributed by atoms with Crippen LogP contribution < -0.4 is 0 Å². The number of carbonyl (C=O) groups excluding carboxylic acids is 2. The first kappa shape index (κ1) is 22.7. The number of piperidine rings is 1. The molecule has 2 fully saturated rings. The summed E-state index contributed by atoms with van der Waals surface area (Å²) < 4.78 is 47.5. The molecule has 2 aliphatic rings. The van der Waals surface area contributed by atoms with Crippen molar-refractivity contribution in [1.29, 1.82) is 0 Å². The van der Waals surface area contributed by atoms with E-state index in [1.165, 1.54) is 16.4 Å². The molecule has 1 saturated carbocycles. The monoisotopic (exact) mass is 462 g/mol. The van der Waals surface area contributed by atoms with Crippen molar-refractivity contribution in [1.82, 2.24) is 8.87 Å². The Hall–Kier alpha value is -2.52. The highest BCUT2D eigenvalue weighted by atomic mass is 32.2. The van der Waals surface area contributed by atoms with Gasteiger partial charge < -0.3 is 9.30 Å². The number of ketones is 1. The minimum atomic E-state index is -3.84. The number of aromatic nitrogens is 1. The maximum atomic E-state index is 13.1. The first-order valence-corrected chi connectivity index (χ1v) is 12.3. The molecule has 0 radical (unpaired) electrons. The van der Waals surface area contributed by atoms with Gasteiger partial charge in [0, 0.05) is 36.1 Å². The summed E-state index contributed by atoms with van der Waals surface area (Å²) in [7, 11) is -3.84. The molecule has 1 saturated heterocycles. The van der Waals surface area contributed by atoms with E-state index in [0.717, 1.165) is 36.4 Å². The molecule has 0 unspecified atom stereocenters. The minimum absolute atomic E-state index is 0.0193. The highest BCUT2D eigenvalue weighted by Crippen LogP contribution is 2.38. The lowest BCUT2D eigenvalue weighted by molar-refractivity contribution is -0.148. The van der Waals surface area contributed by atoms with Gasteiger partial charge in [0.1, 0.15) is 5.82 Å². The third kappa shape index (κ3) is 4.49. The number of nitrogens with zero attached hydrogens (tertiary/aromatic N) is 2. The van der Waals surface area contributed by atoms with Crippen LogP contribution in [0.1, 0.15) is 53.5 Å². The Kier molecular flexibility index (Phi) is 6.22. The van der Waals surface area contributed by atoms with Crippen LogP contribution in [0.4, 0.5) is 4.39 Å². The molecule has 2 heterocycles. The number of ether oxygens (including phenoxy) is 1. The van der Waals surface area contributed by atoms with E-state index in [-0.39, 0.29) is 30.4 Å². The van der Waals surface area contributed by atoms with E-state index in [0.29, 0.717) is 24.4 Å². The fourth-order valence-electron chi connectivity index (χ4n) is 4.40. The van der Waals surface area contributed by atoms with Gasteiger partial charge in [-0.25, -0.2) is 12.8 Å². The fraction of sp³-hybridized carbons (Fsp3) is 0.478.